The number of carbonyl (C=O) groups is 1. The number of carbonyl (C=O) groups excluding carboxylic acids is 1. The van der Waals surface area contributed by atoms with Gasteiger partial charge in [-0.25, -0.2) is 0 Å². The van der Waals surface area contributed by atoms with Gasteiger partial charge in [-0.2, -0.15) is 8.78 Å². The smallest absolute Gasteiger partial charge is 0.287 e. The Bertz CT molecular complexity index is 467. The van der Waals surface area contributed by atoms with Crippen molar-refractivity contribution in [2.45, 2.75) is 58.4 Å². The fourth-order valence-corrected chi connectivity index (χ4v) is 2.59. The molecule has 0 heterocycles. The van der Waals surface area contributed by atoms with Gasteiger partial charge in [0.1, 0.15) is 5.71 Å². The fourth-order valence-electron chi connectivity index (χ4n) is 2.59. The van der Waals surface area contributed by atoms with E-state index in [1.807, 2.05) is 6.92 Å². The van der Waals surface area contributed by atoms with Gasteiger partial charge in [-0.15, -0.1) is 0 Å². The third-order valence-corrected chi connectivity index (χ3v) is 4.40. The average Bonchev–Trinajstić information content (AvgIpc) is 2.40. The van der Waals surface area contributed by atoms with Crippen molar-refractivity contribution in [2.75, 3.05) is 0 Å². The molecular formula is C16H24F2N2O. The van der Waals surface area contributed by atoms with Crippen LogP contribution in [0.1, 0.15) is 46.5 Å². The number of allylic oxidation sites excluding steroid dienone is 2. The van der Waals surface area contributed by atoms with E-state index in [4.69, 9.17) is 5.73 Å². The van der Waals surface area contributed by atoms with Gasteiger partial charge in [0, 0.05) is 13.1 Å². The van der Waals surface area contributed by atoms with Crippen LogP contribution in [0.15, 0.2) is 28.9 Å². The third-order valence-electron chi connectivity index (χ3n) is 4.40. The number of rotatable bonds is 5. The van der Waals surface area contributed by atoms with Crippen LogP contribution in [0.4, 0.5) is 8.78 Å². The van der Waals surface area contributed by atoms with Gasteiger partial charge in [0.15, 0.2) is 6.29 Å². The summed E-state index contributed by atoms with van der Waals surface area (Å²) >= 11 is 0. The minimum absolute atomic E-state index is 0.0537. The highest BCUT2D eigenvalue weighted by Gasteiger charge is 2.36. The van der Waals surface area contributed by atoms with E-state index in [2.05, 4.69) is 18.5 Å². The number of aldehydes is 1. The number of nitrogens with two attached hydrogens (primary N) is 1. The summed E-state index contributed by atoms with van der Waals surface area (Å²) in [6, 6.07) is -0.201. The molecule has 21 heavy (non-hydrogen) atoms. The van der Waals surface area contributed by atoms with Crippen LogP contribution in [0.2, 0.25) is 0 Å². The number of hydrogen-bond acceptors (Lipinski definition) is 3. The topological polar surface area (TPSA) is 55.5 Å². The zero-order chi connectivity index (χ0) is 16.3. The first-order valence-electron chi connectivity index (χ1n) is 7.13. The fraction of sp³-hybridized carbons (Fsp3) is 0.625. The van der Waals surface area contributed by atoms with E-state index in [1.54, 1.807) is 0 Å². The molecule has 0 aromatic carbocycles. The summed E-state index contributed by atoms with van der Waals surface area (Å²) in [4.78, 5) is 15.0. The van der Waals surface area contributed by atoms with Crippen molar-refractivity contribution in [3.05, 3.63) is 23.9 Å². The molecule has 0 spiro atoms. The predicted octanol–water partition coefficient (Wildman–Crippen LogP) is 3.65. The van der Waals surface area contributed by atoms with Crippen molar-refractivity contribution < 1.29 is 13.6 Å². The lowest BCUT2D eigenvalue weighted by molar-refractivity contribution is -0.104. The standard InChI is InChI=1S/C16H24F2N2O/c1-11(2)15(3)7-5-13(6-8-15)20-14(16(4,17)18)12(9-19)10-21/h9-10,13H,1,5-8,19H2,2-4H3. The van der Waals surface area contributed by atoms with Crippen molar-refractivity contribution in [3.8, 4) is 0 Å². The molecule has 0 aromatic rings. The second-order valence-corrected chi connectivity index (χ2v) is 6.18. The molecule has 1 saturated carbocycles. The first-order chi connectivity index (χ1) is 9.64. The lowest BCUT2D eigenvalue weighted by Crippen LogP contribution is -2.32. The van der Waals surface area contributed by atoms with Crippen LogP contribution in [0.5, 0.6) is 0 Å². The van der Waals surface area contributed by atoms with Gasteiger partial charge in [0.2, 0.25) is 0 Å². The molecule has 2 N–H and O–H groups in total. The van der Waals surface area contributed by atoms with Crippen molar-refractivity contribution in [1.82, 2.24) is 0 Å². The monoisotopic (exact) mass is 298 g/mol. The summed E-state index contributed by atoms with van der Waals surface area (Å²) < 4.78 is 27.3. The maximum atomic E-state index is 13.6. The molecular weight excluding hydrogens is 274 g/mol. The SMILES string of the molecule is C=C(C)C1(C)CCC(N=C(C(C=O)=CN)C(C)(F)F)CC1. The third kappa shape index (κ3) is 4.22. The highest BCUT2D eigenvalue weighted by Crippen LogP contribution is 2.42. The summed E-state index contributed by atoms with van der Waals surface area (Å²) in [6.07, 6.45) is 4.37. The Hall–Kier alpha value is -1.52. The molecule has 0 bridgehead atoms. The Morgan fingerprint density at radius 2 is 1.95 bits per heavy atom. The van der Waals surface area contributed by atoms with Gasteiger partial charge in [0.25, 0.3) is 5.92 Å². The van der Waals surface area contributed by atoms with E-state index < -0.39 is 11.6 Å². The Labute approximate surface area is 125 Å². The zero-order valence-corrected chi connectivity index (χ0v) is 13.0. The van der Waals surface area contributed by atoms with Gasteiger partial charge in [0.05, 0.1) is 11.6 Å². The van der Waals surface area contributed by atoms with Gasteiger partial charge < -0.3 is 5.73 Å². The van der Waals surface area contributed by atoms with Crippen LogP contribution in [0, 0.1) is 5.41 Å². The molecule has 1 aliphatic carbocycles. The van der Waals surface area contributed by atoms with Gasteiger partial charge in [-0.3, -0.25) is 9.79 Å². The minimum Gasteiger partial charge on any atom is -0.404 e. The normalized spacial score (nSPS) is 28.3. The summed E-state index contributed by atoms with van der Waals surface area (Å²) in [5.74, 6) is -3.18. The average molecular weight is 298 g/mol. The molecule has 0 aliphatic heterocycles. The van der Waals surface area contributed by atoms with Crippen LogP contribution in [-0.4, -0.2) is 24.0 Å². The molecule has 1 fully saturated rings. The highest BCUT2D eigenvalue weighted by atomic mass is 19.3. The Balaban J connectivity index is 2.95. The van der Waals surface area contributed by atoms with Crippen LogP contribution in [0.25, 0.3) is 0 Å². The second-order valence-electron chi connectivity index (χ2n) is 6.18. The number of hydrogen-bond donors (Lipinski definition) is 1. The molecule has 0 aromatic heterocycles. The van der Waals surface area contributed by atoms with Gasteiger partial charge >= 0.3 is 0 Å². The molecule has 0 amide bonds. The summed E-state index contributed by atoms with van der Waals surface area (Å²) in [5.41, 5.74) is 5.67. The van der Waals surface area contributed by atoms with Crippen LogP contribution in [-0.2, 0) is 4.79 Å². The first kappa shape index (κ1) is 17.5. The Morgan fingerprint density at radius 1 is 1.43 bits per heavy atom. The van der Waals surface area contributed by atoms with E-state index in [1.165, 1.54) is 0 Å². The Kier molecular flexibility index (Phi) is 5.42. The summed E-state index contributed by atoms with van der Waals surface area (Å²) in [6.45, 7) is 8.88. The molecule has 0 saturated heterocycles. The van der Waals surface area contributed by atoms with E-state index >= 15 is 0 Å². The van der Waals surface area contributed by atoms with Gasteiger partial charge in [-0.05, 0) is 38.0 Å². The number of aliphatic imine (C=N–C) groups is 1. The lowest BCUT2D eigenvalue weighted by Gasteiger charge is -2.37. The molecule has 1 aliphatic rings. The predicted molar refractivity (Wildman–Crippen MR) is 81.6 cm³/mol. The molecule has 0 unspecified atom stereocenters. The number of halogens is 2. The molecule has 0 radical (unpaired) electrons. The number of nitrogens with zero attached hydrogens (tertiary/aromatic N) is 1. The van der Waals surface area contributed by atoms with Crippen LogP contribution >= 0.6 is 0 Å². The Morgan fingerprint density at radius 3 is 2.29 bits per heavy atom. The first-order valence-corrected chi connectivity index (χ1v) is 7.13. The van der Waals surface area contributed by atoms with Crippen molar-refractivity contribution in [1.29, 1.82) is 0 Å². The molecule has 118 valence electrons. The quantitative estimate of drug-likeness (QED) is 0.364. The zero-order valence-electron chi connectivity index (χ0n) is 13.0. The van der Waals surface area contributed by atoms with E-state index in [0.29, 0.717) is 19.1 Å². The molecule has 0 atom stereocenters. The van der Waals surface area contributed by atoms with Crippen molar-refractivity contribution in [3.63, 3.8) is 0 Å². The highest BCUT2D eigenvalue weighted by molar-refractivity contribution is 6.17. The molecule has 3 nitrogen and oxygen atoms in total. The van der Waals surface area contributed by atoms with Crippen molar-refractivity contribution in [2.24, 2.45) is 16.1 Å². The van der Waals surface area contributed by atoms with E-state index in [-0.39, 0.29) is 17.0 Å². The summed E-state index contributed by atoms with van der Waals surface area (Å²) in [5, 5.41) is 0. The maximum Gasteiger partial charge on any atom is 0.287 e. The lowest BCUT2D eigenvalue weighted by atomic mass is 9.70. The summed E-state index contributed by atoms with van der Waals surface area (Å²) in [7, 11) is 0. The minimum atomic E-state index is -3.18. The largest absolute Gasteiger partial charge is 0.404 e. The number of alkyl halides is 2. The maximum absolute atomic E-state index is 13.6. The second kappa shape index (κ2) is 6.50. The van der Waals surface area contributed by atoms with Crippen LogP contribution in [0.3, 0.4) is 0 Å². The van der Waals surface area contributed by atoms with Gasteiger partial charge in [-0.1, -0.05) is 19.1 Å². The van der Waals surface area contributed by atoms with Crippen LogP contribution < -0.4 is 5.73 Å². The van der Waals surface area contributed by atoms with E-state index in [0.717, 1.165) is 31.5 Å². The van der Waals surface area contributed by atoms with E-state index in [9.17, 15) is 13.6 Å². The van der Waals surface area contributed by atoms with Crippen molar-refractivity contribution >= 4 is 12.0 Å². The molecule has 1 rings (SSSR count). The molecule has 5 heteroatoms.